The molecule has 0 heterocycles. The Hall–Kier alpha value is -1.99. The number of rotatable bonds is 8. The number of amides is 2. The van der Waals surface area contributed by atoms with Crippen molar-refractivity contribution in [2.75, 3.05) is 26.8 Å². The first-order valence-electron chi connectivity index (χ1n) is 9.90. The number of carbonyl (C=O) groups excluding carboxylic acids is 3. The van der Waals surface area contributed by atoms with Gasteiger partial charge < -0.3 is 24.8 Å². The maximum absolute atomic E-state index is 12.4. The zero-order chi connectivity index (χ0) is 21.4. The number of nitrogens with one attached hydrogen (secondary N) is 2. The van der Waals surface area contributed by atoms with E-state index in [-0.39, 0.29) is 29.3 Å². The summed E-state index contributed by atoms with van der Waals surface area (Å²) in [5.74, 6) is -0.129. The minimum Gasteiger partial charge on any atom is -0.459 e. The lowest BCUT2D eigenvalue weighted by Crippen LogP contribution is -2.44. The van der Waals surface area contributed by atoms with E-state index in [0.29, 0.717) is 19.5 Å². The lowest BCUT2D eigenvalue weighted by molar-refractivity contribution is -0.152. The van der Waals surface area contributed by atoms with Crippen LogP contribution < -0.4 is 10.6 Å². The Bertz CT molecular complexity index is 551. The van der Waals surface area contributed by atoms with Crippen LogP contribution in [0.2, 0.25) is 0 Å². The molecule has 28 heavy (non-hydrogen) atoms. The largest absolute Gasteiger partial charge is 0.459 e. The molecule has 0 radical (unpaired) electrons. The highest BCUT2D eigenvalue weighted by atomic mass is 16.6. The Kier molecular flexibility index (Phi) is 9.04. The van der Waals surface area contributed by atoms with Gasteiger partial charge in [0.15, 0.2) is 0 Å². The SMILES string of the molecule is CCNC(=O)OCC(C)OC(=O)CC1CC(C)(C)CC(C)(CNC(=O)OC)C1. The lowest BCUT2D eigenvalue weighted by atomic mass is 9.60. The van der Waals surface area contributed by atoms with Crippen molar-refractivity contribution in [3.05, 3.63) is 0 Å². The van der Waals surface area contributed by atoms with Gasteiger partial charge in [-0.05, 0) is 49.9 Å². The molecule has 1 saturated carbocycles. The van der Waals surface area contributed by atoms with E-state index in [9.17, 15) is 14.4 Å². The van der Waals surface area contributed by atoms with Crippen molar-refractivity contribution < 1.29 is 28.6 Å². The fourth-order valence-corrected chi connectivity index (χ4v) is 4.42. The Balaban J connectivity index is 2.55. The summed E-state index contributed by atoms with van der Waals surface area (Å²) in [6.45, 7) is 11.0. The molecule has 1 rings (SSSR count). The number of methoxy groups -OCH3 is 1. The van der Waals surface area contributed by atoms with Crippen molar-refractivity contribution in [1.82, 2.24) is 10.6 Å². The molecule has 1 fully saturated rings. The minimum atomic E-state index is -0.520. The Labute approximate surface area is 168 Å². The molecule has 162 valence electrons. The Morgan fingerprint density at radius 2 is 1.79 bits per heavy atom. The molecule has 1 aliphatic carbocycles. The standard InChI is InChI=1S/C20H36N2O6/c1-7-21-18(25)27-11-14(2)28-16(23)8-15-9-19(3,4)12-20(5,10-15)13-22-17(24)26-6/h14-15H,7-13H2,1-6H3,(H,21,25)(H,22,24). The summed E-state index contributed by atoms with van der Waals surface area (Å²) in [6.07, 6.45) is 1.53. The van der Waals surface area contributed by atoms with Crippen molar-refractivity contribution >= 4 is 18.2 Å². The molecular weight excluding hydrogens is 364 g/mol. The summed E-state index contributed by atoms with van der Waals surface area (Å²) >= 11 is 0. The fraction of sp³-hybridized carbons (Fsp3) is 0.850. The van der Waals surface area contributed by atoms with Gasteiger partial charge >= 0.3 is 18.2 Å². The number of carbonyl (C=O) groups is 3. The second kappa shape index (κ2) is 10.5. The fourth-order valence-electron chi connectivity index (χ4n) is 4.42. The van der Waals surface area contributed by atoms with Crippen molar-refractivity contribution in [1.29, 1.82) is 0 Å². The minimum absolute atomic E-state index is 0.0223. The topological polar surface area (TPSA) is 103 Å². The first-order valence-corrected chi connectivity index (χ1v) is 9.90. The van der Waals surface area contributed by atoms with Crippen LogP contribution >= 0.6 is 0 Å². The Morgan fingerprint density at radius 3 is 2.39 bits per heavy atom. The van der Waals surface area contributed by atoms with E-state index in [0.717, 1.165) is 19.3 Å². The van der Waals surface area contributed by atoms with Crippen LogP contribution in [0.1, 0.15) is 60.3 Å². The van der Waals surface area contributed by atoms with Crippen LogP contribution in [0.5, 0.6) is 0 Å². The van der Waals surface area contributed by atoms with E-state index in [1.807, 2.05) is 0 Å². The highest BCUT2D eigenvalue weighted by Crippen LogP contribution is 2.49. The van der Waals surface area contributed by atoms with Gasteiger partial charge in [-0.25, -0.2) is 9.59 Å². The zero-order valence-corrected chi connectivity index (χ0v) is 18.1. The smallest absolute Gasteiger partial charge is 0.407 e. The van der Waals surface area contributed by atoms with Gasteiger partial charge in [0, 0.05) is 19.5 Å². The molecule has 0 aromatic carbocycles. The molecular formula is C20H36N2O6. The molecule has 2 amide bonds. The van der Waals surface area contributed by atoms with Gasteiger partial charge in [-0.3, -0.25) is 4.79 Å². The van der Waals surface area contributed by atoms with Crippen LogP contribution in [-0.4, -0.2) is 51.1 Å². The van der Waals surface area contributed by atoms with Crippen LogP contribution in [-0.2, 0) is 19.0 Å². The Morgan fingerprint density at radius 1 is 1.11 bits per heavy atom. The van der Waals surface area contributed by atoms with Crippen LogP contribution in [0.4, 0.5) is 9.59 Å². The molecule has 0 aromatic rings. The zero-order valence-electron chi connectivity index (χ0n) is 18.1. The second-order valence-corrected chi connectivity index (χ2v) is 8.90. The maximum atomic E-state index is 12.4. The quantitative estimate of drug-likeness (QED) is 0.479. The van der Waals surface area contributed by atoms with Gasteiger partial charge in [0.1, 0.15) is 12.7 Å². The van der Waals surface area contributed by atoms with E-state index in [1.165, 1.54) is 7.11 Å². The molecule has 0 saturated heterocycles. The van der Waals surface area contributed by atoms with Gasteiger partial charge in [-0.1, -0.05) is 20.8 Å². The molecule has 8 nitrogen and oxygen atoms in total. The van der Waals surface area contributed by atoms with Crippen molar-refractivity contribution in [3.63, 3.8) is 0 Å². The molecule has 8 heteroatoms. The number of esters is 1. The van der Waals surface area contributed by atoms with E-state index < -0.39 is 18.3 Å². The first kappa shape index (κ1) is 24.0. The third-order valence-corrected chi connectivity index (χ3v) is 4.93. The highest BCUT2D eigenvalue weighted by molar-refractivity contribution is 5.70. The summed E-state index contributed by atoms with van der Waals surface area (Å²) in [4.78, 5) is 35.1. The summed E-state index contributed by atoms with van der Waals surface area (Å²) in [5, 5.41) is 5.31. The second-order valence-electron chi connectivity index (χ2n) is 8.90. The molecule has 3 atom stereocenters. The monoisotopic (exact) mass is 400 g/mol. The molecule has 0 aliphatic heterocycles. The summed E-state index contributed by atoms with van der Waals surface area (Å²) in [5.41, 5.74) is -0.0590. The molecule has 0 bridgehead atoms. The van der Waals surface area contributed by atoms with Crippen LogP contribution in [0.25, 0.3) is 0 Å². The van der Waals surface area contributed by atoms with Crippen molar-refractivity contribution in [2.45, 2.75) is 66.4 Å². The third kappa shape index (κ3) is 8.80. The van der Waals surface area contributed by atoms with Gasteiger partial charge in [-0.2, -0.15) is 0 Å². The molecule has 3 unspecified atom stereocenters. The summed E-state index contributed by atoms with van der Waals surface area (Å²) in [7, 11) is 1.35. The molecule has 1 aliphatic rings. The van der Waals surface area contributed by atoms with Crippen LogP contribution in [0.15, 0.2) is 0 Å². The highest BCUT2D eigenvalue weighted by Gasteiger charge is 2.42. The van der Waals surface area contributed by atoms with Crippen molar-refractivity contribution in [3.8, 4) is 0 Å². The number of hydrogen-bond donors (Lipinski definition) is 2. The van der Waals surface area contributed by atoms with E-state index >= 15 is 0 Å². The van der Waals surface area contributed by atoms with E-state index in [2.05, 4.69) is 36.1 Å². The predicted octanol–water partition coefficient (Wildman–Crippen LogP) is 3.24. The van der Waals surface area contributed by atoms with Gasteiger partial charge in [0.05, 0.1) is 7.11 Å². The van der Waals surface area contributed by atoms with E-state index in [1.54, 1.807) is 13.8 Å². The maximum Gasteiger partial charge on any atom is 0.407 e. The van der Waals surface area contributed by atoms with Gasteiger partial charge in [-0.15, -0.1) is 0 Å². The molecule has 0 spiro atoms. The average molecular weight is 401 g/mol. The van der Waals surface area contributed by atoms with Crippen LogP contribution in [0.3, 0.4) is 0 Å². The normalized spacial score (nSPS) is 24.6. The molecule has 2 N–H and O–H groups in total. The predicted molar refractivity (Wildman–Crippen MR) is 105 cm³/mol. The van der Waals surface area contributed by atoms with Crippen LogP contribution in [0, 0.1) is 16.7 Å². The van der Waals surface area contributed by atoms with Gasteiger partial charge in [0.25, 0.3) is 0 Å². The summed E-state index contributed by atoms with van der Waals surface area (Å²) < 4.78 is 15.1. The number of hydrogen-bond acceptors (Lipinski definition) is 6. The third-order valence-electron chi connectivity index (χ3n) is 4.93. The molecule has 0 aromatic heterocycles. The lowest BCUT2D eigenvalue weighted by Gasteiger charge is -2.46. The summed E-state index contributed by atoms with van der Waals surface area (Å²) in [6, 6.07) is 0. The van der Waals surface area contributed by atoms with Crippen molar-refractivity contribution in [2.24, 2.45) is 16.7 Å². The van der Waals surface area contributed by atoms with E-state index in [4.69, 9.17) is 9.47 Å². The number of alkyl carbamates (subject to hydrolysis) is 2. The number of ether oxygens (including phenoxy) is 3. The van der Waals surface area contributed by atoms with Gasteiger partial charge in [0.2, 0.25) is 0 Å². The average Bonchev–Trinajstić information content (AvgIpc) is 2.56. The first-order chi connectivity index (χ1) is 13.0.